The largest absolute Gasteiger partial charge is 0.493 e. The van der Waals surface area contributed by atoms with Crippen molar-refractivity contribution < 1.29 is 9.47 Å². The van der Waals surface area contributed by atoms with Crippen LogP contribution in [0.15, 0.2) is 42.1 Å². The third-order valence-electron chi connectivity index (χ3n) is 2.91. The molecule has 5 heteroatoms. The first-order valence-electron chi connectivity index (χ1n) is 6.98. The summed E-state index contributed by atoms with van der Waals surface area (Å²) in [7, 11) is 1.64. The number of nitrogens with zero attached hydrogens (tertiary/aromatic N) is 2. The first-order chi connectivity index (χ1) is 10.6. The molecule has 0 bridgehead atoms. The number of benzene rings is 1. The van der Waals surface area contributed by atoms with Crippen LogP contribution >= 0.6 is 11.8 Å². The van der Waals surface area contributed by atoms with Gasteiger partial charge in [-0.3, -0.25) is 0 Å². The molecule has 0 N–H and O–H groups in total. The van der Waals surface area contributed by atoms with Gasteiger partial charge in [-0.15, -0.1) is 0 Å². The Morgan fingerprint density at radius 1 is 1.14 bits per heavy atom. The van der Waals surface area contributed by atoms with Gasteiger partial charge in [-0.25, -0.2) is 9.97 Å². The average molecular weight is 316 g/mol. The molecule has 4 nitrogen and oxygen atoms in total. The van der Waals surface area contributed by atoms with E-state index in [-0.39, 0.29) is 0 Å². The first-order valence-corrected chi connectivity index (χ1v) is 7.96. The Hall–Kier alpha value is -2.01. The van der Waals surface area contributed by atoms with Crippen LogP contribution < -0.4 is 9.47 Å². The molecule has 1 heterocycles. The van der Waals surface area contributed by atoms with Gasteiger partial charge >= 0.3 is 0 Å². The van der Waals surface area contributed by atoms with Gasteiger partial charge in [0.25, 0.3) is 0 Å². The van der Waals surface area contributed by atoms with Crippen LogP contribution in [-0.4, -0.2) is 23.7 Å². The van der Waals surface area contributed by atoms with Gasteiger partial charge < -0.3 is 9.47 Å². The molecule has 0 fully saturated rings. The summed E-state index contributed by atoms with van der Waals surface area (Å²) >= 11 is 1.61. The van der Waals surface area contributed by atoms with Gasteiger partial charge in [0.1, 0.15) is 6.61 Å². The summed E-state index contributed by atoms with van der Waals surface area (Å²) in [5.74, 6) is 2.22. The number of methoxy groups -OCH3 is 1. The minimum Gasteiger partial charge on any atom is -0.493 e. The van der Waals surface area contributed by atoms with E-state index in [1.54, 1.807) is 24.9 Å². The van der Waals surface area contributed by atoms with Crippen molar-refractivity contribution in [2.24, 2.45) is 0 Å². The minimum atomic E-state index is 0.459. The lowest BCUT2D eigenvalue weighted by Gasteiger charge is -2.11. The molecule has 0 aliphatic rings. The molecule has 0 spiro atoms. The van der Waals surface area contributed by atoms with Crippen LogP contribution in [0.5, 0.6) is 11.5 Å². The SMILES string of the molecule is C=CCOc1ccc(CSc2nc(C)cc(C)n2)cc1OC. The van der Waals surface area contributed by atoms with Crippen molar-refractivity contribution in [1.82, 2.24) is 9.97 Å². The summed E-state index contributed by atoms with van der Waals surface area (Å²) in [5, 5.41) is 0.795. The van der Waals surface area contributed by atoms with Crippen molar-refractivity contribution in [1.29, 1.82) is 0 Å². The average Bonchev–Trinajstić information content (AvgIpc) is 2.50. The normalized spacial score (nSPS) is 10.3. The molecule has 116 valence electrons. The lowest BCUT2D eigenvalue weighted by Crippen LogP contribution is -1.97. The highest BCUT2D eigenvalue weighted by Gasteiger charge is 2.07. The second-order valence-corrected chi connectivity index (χ2v) is 5.75. The Kier molecular flexibility index (Phi) is 5.83. The number of ether oxygens (including phenoxy) is 2. The van der Waals surface area contributed by atoms with E-state index in [9.17, 15) is 0 Å². The van der Waals surface area contributed by atoms with Crippen LogP contribution in [0.4, 0.5) is 0 Å². The highest BCUT2D eigenvalue weighted by atomic mass is 32.2. The second kappa shape index (κ2) is 7.84. The Bertz CT molecular complexity index is 639. The Labute approximate surface area is 135 Å². The zero-order chi connectivity index (χ0) is 15.9. The maximum absolute atomic E-state index is 5.55. The molecule has 0 unspecified atom stereocenters. The van der Waals surface area contributed by atoms with Gasteiger partial charge in [-0.05, 0) is 37.6 Å². The van der Waals surface area contributed by atoms with E-state index in [1.807, 2.05) is 38.1 Å². The smallest absolute Gasteiger partial charge is 0.188 e. The number of hydrogen-bond donors (Lipinski definition) is 0. The van der Waals surface area contributed by atoms with Gasteiger partial charge in [0.15, 0.2) is 16.7 Å². The standard InChI is InChI=1S/C17H20N2O2S/c1-5-8-21-15-7-6-14(10-16(15)20-4)11-22-17-18-12(2)9-13(3)19-17/h5-7,9-10H,1,8,11H2,2-4H3. The molecule has 0 amide bonds. The number of aromatic nitrogens is 2. The molecule has 1 aromatic carbocycles. The summed E-state index contributed by atoms with van der Waals surface area (Å²) < 4.78 is 10.9. The minimum absolute atomic E-state index is 0.459. The summed E-state index contributed by atoms with van der Waals surface area (Å²) in [6, 6.07) is 7.89. The predicted molar refractivity (Wildman–Crippen MR) is 89.8 cm³/mol. The van der Waals surface area contributed by atoms with E-state index in [2.05, 4.69) is 16.5 Å². The summed E-state index contributed by atoms with van der Waals surface area (Å²) in [5.41, 5.74) is 3.11. The van der Waals surface area contributed by atoms with Crippen molar-refractivity contribution >= 4 is 11.8 Å². The maximum Gasteiger partial charge on any atom is 0.188 e. The highest BCUT2D eigenvalue weighted by molar-refractivity contribution is 7.98. The summed E-state index contributed by atoms with van der Waals surface area (Å²) in [4.78, 5) is 8.87. The molecule has 0 saturated heterocycles. The Balaban J connectivity index is 2.07. The molecule has 0 atom stereocenters. The fourth-order valence-electron chi connectivity index (χ4n) is 1.98. The van der Waals surface area contributed by atoms with E-state index in [0.29, 0.717) is 6.61 Å². The molecule has 0 aliphatic heterocycles. The van der Waals surface area contributed by atoms with Crippen molar-refractivity contribution in [3.63, 3.8) is 0 Å². The Morgan fingerprint density at radius 3 is 2.50 bits per heavy atom. The van der Waals surface area contributed by atoms with Crippen molar-refractivity contribution in [2.45, 2.75) is 24.8 Å². The number of rotatable bonds is 7. The fourth-order valence-corrected chi connectivity index (χ4v) is 2.87. The van der Waals surface area contributed by atoms with E-state index in [0.717, 1.165) is 39.4 Å². The molecule has 0 saturated carbocycles. The molecule has 2 aromatic rings. The zero-order valence-corrected chi connectivity index (χ0v) is 13.9. The number of aryl methyl sites for hydroxylation is 2. The first kappa shape index (κ1) is 16.4. The van der Waals surface area contributed by atoms with Crippen LogP contribution in [-0.2, 0) is 5.75 Å². The lowest BCUT2D eigenvalue weighted by atomic mass is 10.2. The van der Waals surface area contributed by atoms with Gasteiger partial charge in [0.2, 0.25) is 0 Å². The lowest BCUT2D eigenvalue weighted by molar-refractivity contribution is 0.326. The molecule has 2 rings (SSSR count). The maximum atomic E-state index is 5.55. The van der Waals surface area contributed by atoms with Crippen LogP contribution in [0.2, 0.25) is 0 Å². The second-order valence-electron chi connectivity index (χ2n) is 4.81. The summed E-state index contributed by atoms with van der Waals surface area (Å²) in [6.07, 6.45) is 1.71. The predicted octanol–water partition coefficient (Wildman–Crippen LogP) is 3.96. The molecular formula is C17H20N2O2S. The fraction of sp³-hybridized carbons (Fsp3) is 0.294. The molecule has 0 aliphatic carbocycles. The van der Waals surface area contributed by atoms with E-state index >= 15 is 0 Å². The van der Waals surface area contributed by atoms with Gasteiger partial charge in [-0.1, -0.05) is 30.5 Å². The van der Waals surface area contributed by atoms with Gasteiger partial charge in [0, 0.05) is 17.1 Å². The third kappa shape index (κ3) is 4.49. The number of thioether (sulfide) groups is 1. The van der Waals surface area contributed by atoms with Crippen LogP contribution in [0, 0.1) is 13.8 Å². The van der Waals surface area contributed by atoms with Gasteiger partial charge in [-0.2, -0.15) is 0 Å². The molecule has 0 radical (unpaired) electrons. The van der Waals surface area contributed by atoms with E-state index in [1.165, 1.54) is 0 Å². The highest BCUT2D eigenvalue weighted by Crippen LogP contribution is 2.30. The van der Waals surface area contributed by atoms with Gasteiger partial charge in [0.05, 0.1) is 7.11 Å². The summed E-state index contributed by atoms with van der Waals surface area (Å²) in [6.45, 7) is 8.06. The number of hydrogen-bond acceptors (Lipinski definition) is 5. The van der Waals surface area contributed by atoms with E-state index < -0.39 is 0 Å². The monoisotopic (exact) mass is 316 g/mol. The molecular weight excluding hydrogens is 296 g/mol. The van der Waals surface area contributed by atoms with Crippen LogP contribution in [0.3, 0.4) is 0 Å². The zero-order valence-electron chi connectivity index (χ0n) is 13.1. The quantitative estimate of drug-likeness (QED) is 0.439. The van der Waals surface area contributed by atoms with E-state index in [4.69, 9.17) is 9.47 Å². The topological polar surface area (TPSA) is 44.2 Å². The van der Waals surface area contributed by atoms with Crippen molar-refractivity contribution in [3.8, 4) is 11.5 Å². The van der Waals surface area contributed by atoms with Crippen molar-refractivity contribution in [3.05, 3.63) is 53.9 Å². The molecule has 1 aromatic heterocycles. The van der Waals surface area contributed by atoms with Crippen LogP contribution in [0.25, 0.3) is 0 Å². The van der Waals surface area contributed by atoms with Crippen LogP contribution in [0.1, 0.15) is 17.0 Å². The third-order valence-corrected chi connectivity index (χ3v) is 3.83. The molecule has 22 heavy (non-hydrogen) atoms. The van der Waals surface area contributed by atoms with Crippen molar-refractivity contribution in [2.75, 3.05) is 13.7 Å². The Morgan fingerprint density at radius 2 is 1.86 bits per heavy atom.